The van der Waals surface area contributed by atoms with Gasteiger partial charge >= 0.3 is 0 Å². The molecule has 2 aromatic carbocycles. The number of nitrogens with zero attached hydrogens (tertiary/aromatic N) is 2. The van der Waals surface area contributed by atoms with E-state index in [1.165, 1.54) is 28.5 Å². The topological polar surface area (TPSA) is 64.0 Å². The largest absolute Gasteiger partial charge is 0.356 e. The van der Waals surface area contributed by atoms with Crippen LogP contribution in [0.1, 0.15) is 32.6 Å². The van der Waals surface area contributed by atoms with Crippen LogP contribution in [0.2, 0.25) is 0 Å². The van der Waals surface area contributed by atoms with Crippen molar-refractivity contribution in [3.05, 3.63) is 64.7 Å². The molecule has 0 aliphatic rings. The van der Waals surface area contributed by atoms with Gasteiger partial charge in [0, 0.05) is 18.7 Å². The molecule has 0 atom stereocenters. The van der Waals surface area contributed by atoms with Gasteiger partial charge in [-0.05, 0) is 43.2 Å². The fourth-order valence-electron chi connectivity index (χ4n) is 2.94. The molecule has 0 aliphatic heterocycles. The molecule has 0 aliphatic carbocycles. The Bertz CT molecular complexity index is 1050. The second kappa shape index (κ2) is 10.2. The quantitative estimate of drug-likeness (QED) is 0.322. The molecule has 0 bridgehead atoms. The Morgan fingerprint density at radius 2 is 2.00 bits per heavy atom. The Labute approximate surface area is 173 Å². The molecule has 1 aromatic heterocycles. The smallest absolute Gasteiger partial charge is 0.266 e. The summed E-state index contributed by atoms with van der Waals surface area (Å²) in [5, 5.41) is 3.87. The number of fused-ring (bicyclic) bond motifs is 1. The molecule has 1 amide bonds. The summed E-state index contributed by atoms with van der Waals surface area (Å²) in [6.45, 7) is 2.78. The highest BCUT2D eigenvalue weighted by Gasteiger charge is 2.14. The first-order chi connectivity index (χ1) is 14.1. The van der Waals surface area contributed by atoms with Crippen LogP contribution in [0.3, 0.4) is 0 Å². The van der Waals surface area contributed by atoms with Crippen molar-refractivity contribution in [1.82, 2.24) is 14.9 Å². The molecule has 0 unspecified atom stereocenters. The van der Waals surface area contributed by atoms with Crippen molar-refractivity contribution in [2.24, 2.45) is 0 Å². The van der Waals surface area contributed by atoms with Crippen LogP contribution in [-0.4, -0.2) is 27.8 Å². The van der Waals surface area contributed by atoms with Crippen LogP contribution in [0.15, 0.2) is 58.5 Å². The van der Waals surface area contributed by atoms with Gasteiger partial charge < -0.3 is 5.32 Å². The first-order valence-electron chi connectivity index (χ1n) is 9.77. The van der Waals surface area contributed by atoms with Crippen LogP contribution in [0, 0.1) is 5.82 Å². The average Bonchev–Trinajstić information content (AvgIpc) is 2.71. The molecule has 7 heteroatoms. The molecule has 0 spiro atoms. The summed E-state index contributed by atoms with van der Waals surface area (Å²) in [6, 6.07) is 13.0. The Hall–Kier alpha value is -2.67. The van der Waals surface area contributed by atoms with E-state index in [1.54, 1.807) is 30.3 Å². The number of rotatable bonds is 9. The number of nitrogens with one attached hydrogen (secondary N) is 1. The summed E-state index contributed by atoms with van der Waals surface area (Å²) in [4.78, 5) is 29.5. The molecule has 0 saturated heterocycles. The summed E-state index contributed by atoms with van der Waals surface area (Å²) < 4.78 is 15.2. The van der Waals surface area contributed by atoms with Gasteiger partial charge in [0.1, 0.15) is 5.82 Å². The summed E-state index contributed by atoms with van der Waals surface area (Å²) in [5.74, 6) is 0.247. The maximum Gasteiger partial charge on any atom is 0.266 e. The molecule has 1 heterocycles. The predicted molar refractivity (Wildman–Crippen MR) is 115 cm³/mol. The van der Waals surface area contributed by atoms with Gasteiger partial charge in [0.25, 0.3) is 5.56 Å². The number of benzene rings is 2. The van der Waals surface area contributed by atoms with Crippen LogP contribution in [-0.2, 0) is 4.79 Å². The third kappa shape index (κ3) is 5.44. The van der Waals surface area contributed by atoms with E-state index in [-0.39, 0.29) is 11.5 Å². The van der Waals surface area contributed by atoms with Crippen LogP contribution < -0.4 is 10.9 Å². The van der Waals surface area contributed by atoms with Crippen LogP contribution in [0.5, 0.6) is 0 Å². The van der Waals surface area contributed by atoms with Gasteiger partial charge in [-0.3, -0.25) is 14.2 Å². The van der Waals surface area contributed by atoms with E-state index in [0.29, 0.717) is 46.9 Å². The van der Waals surface area contributed by atoms with Crippen molar-refractivity contribution < 1.29 is 9.18 Å². The fourth-order valence-corrected chi connectivity index (χ4v) is 3.89. The number of para-hydroxylation sites is 1. The molecule has 0 saturated carbocycles. The summed E-state index contributed by atoms with van der Waals surface area (Å²) in [6.07, 6.45) is 3.10. The lowest BCUT2D eigenvalue weighted by Gasteiger charge is -2.13. The Morgan fingerprint density at radius 1 is 1.17 bits per heavy atom. The van der Waals surface area contributed by atoms with E-state index in [0.717, 1.165) is 12.8 Å². The van der Waals surface area contributed by atoms with Crippen molar-refractivity contribution in [3.8, 4) is 5.69 Å². The van der Waals surface area contributed by atoms with Gasteiger partial charge in [-0.15, -0.1) is 0 Å². The second-order valence-corrected chi connectivity index (χ2v) is 7.75. The third-order valence-corrected chi connectivity index (χ3v) is 5.47. The minimum Gasteiger partial charge on any atom is -0.356 e. The molecule has 0 fully saturated rings. The highest BCUT2D eigenvalue weighted by molar-refractivity contribution is 7.99. The monoisotopic (exact) mass is 413 g/mol. The van der Waals surface area contributed by atoms with Crippen molar-refractivity contribution in [2.75, 3.05) is 12.3 Å². The third-order valence-electron chi connectivity index (χ3n) is 4.44. The number of hydrogen-bond donors (Lipinski definition) is 1. The van der Waals surface area contributed by atoms with E-state index in [2.05, 4.69) is 17.2 Å². The molecule has 1 N–H and O–H groups in total. The minimum absolute atomic E-state index is 0.0352. The summed E-state index contributed by atoms with van der Waals surface area (Å²) >= 11 is 1.40. The van der Waals surface area contributed by atoms with Crippen LogP contribution in [0.25, 0.3) is 16.6 Å². The number of halogens is 1. The van der Waals surface area contributed by atoms with E-state index < -0.39 is 5.82 Å². The standard InChI is InChI=1S/C22H24FN3O2S/c1-2-3-13-24-20(27)12-7-14-29-22-25-19-11-5-4-10-18(19)21(28)26(22)17-9-6-8-16(23)15-17/h4-6,8-11,15H,2-3,7,12-14H2,1H3,(H,24,27). The summed E-state index contributed by atoms with van der Waals surface area (Å²) in [7, 11) is 0. The first-order valence-corrected chi connectivity index (χ1v) is 10.8. The summed E-state index contributed by atoms with van der Waals surface area (Å²) in [5.41, 5.74) is 0.805. The number of thioether (sulfide) groups is 1. The van der Waals surface area contributed by atoms with Gasteiger partial charge in [-0.1, -0.05) is 43.3 Å². The molecule has 152 valence electrons. The minimum atomic E-state index is -0.415. The highest BCUT2D eigenvalue weighted by Crippen LogP contribution is 2.22. The number of carbonyl (C=O) groups is 1. The van der Waals surface area contributed by atoms with E-state index in [9.17, 15) is 14.0 Å². The lowest BCUT2D eigenvalue weighted by Crippen LogP contribution is -2.24. The lowest BCUT2D eigenvalue weighted by molar-refractivity contribution is -0.121. The number of amides is 1. The van der Waals surface area contributed by atoms with Crippen LogP contribution >= 0.6 is 11.8 Å². The average molecular weight is 414 g/mol. The lowest BCUT2D eigenvalue weighted by atomic mass is 10.2. The number of aromatic nitrogens is 2. The Kier molecular flexibility index (Phi) is 7.41. The normalized spacial score (nSPS) is 11.0. The maximum atomic E-state index is 13.8. The second-order valence-electron chi connectivity index (χ2n) is 6.69. The van der Waals surface area contributed by atoms with E-state index >= 15 is 0 Å². The number of unbranched alkanes of at least 4 members (excludes halogenated alkanes) is 1. The highest BCUT2D eigenvalue weighted by atomic mass is 32.2. The zero-order valence-corrected chi connectivity index (χ0v) is 17.2. The molecular weight excluding hydrogens is 389 g/mol. The van der Waals surface area contributed by atoms with Crippen molar-refractivity contribution in [1.29, 1.82) is 0 Å². The maximum absolute atomic E-state index is 13.8. The molecule has 3 rings (SSSR count). The molecule has 0 radical (unpaired) electrons. The van der Waals surface area contributed by atoms with Gasteiger partial charge in [0.2, 0.25) is 5.91 Å². The fraction of sp³-hybridized carbons (Fsp3) is 0.318. The Balaban J connectivity index is 1.80. The zero-order chi connectivity index (χ0) is 20.6. The van der Waals surface area contributed by atoms with Gasteiger partial charge in [-0.2, -0.15) is 0 Å². The number of hydrogen-bond acceptors (Lipinski definition) is 4. The van der Waals surface area contributed by atoms with Crippen molar-refractivity contribution >= 4 is 28.6 Å². The SMILES string of the molecule is CCCCNC(=O)CCCSc1nc2ccccc2c(=O)n1-c1cccc(F)c1. The molecule has 5 nitrogen and oxygen atoms in total. The number of carbonyl (C=O) groups excluding carboxylic acids is 1. The Morgan fingerprint density at radius 3 is 2.79 bits per heavy atom. The molecule has 3 aromatic rings. The molecule has 29 heavy (non-hydrogen) atoms. The van der Waals surface area contributed by atoms with Crippen LogP contribution in [0.4, 0.5) is 4.39 Å². The van der Waals surface area contributed by atoms with E-state index in [4.69, 9.17) is 0 Å². The van der Waals surface area contributed by atoms with Gasteiger partial charge in [-0.25, -0.2) is 9.37 Å². The molecular formula is C22H24FN3O2S. The van der Waals surface area contributed by atoms with Gasteiger partial charge in [0.15, 0.2) is 5.16 Å². The van der Waals surface area contributed by atoms with Gasteiger partial charge in [0.05, 0.1) is 16.6 Å². The predicted octanol–water partition coefficient (Wildman–Crippen LogP) is 4.31. The van der Waals surface area contributed by atoms with Crippen molar-refractivity contribution in [3.63, 3.8) is 0 Å². The van der Waals surface area contributed by atoms with E-state index in [1.807, 2.05) is 6.07 Å². The zero-order valence-electron chi connectivity index (χ0n) is 16.4. The van der Waals surface area contributed by atoms with Crippen molar-refractivity contribution in [2.45, 2.75) is 37.8 Å². The first kappa shape index (κ1) is 21.0.